The third-order valence-electron chi connectivity index (χ3n) is 5.41. The Morgan fingerprint density at radius 2 is 1.97 bits per heavy atom. The first kappa shape index (κ1) is 20.3. The molecule has 158 valence electrons. The Labute approximate surface area is 191 Å². The fourth-order valence-corrected chi connectivity index (χ4v) is 5.73. The zero-order chi connectivity index (χ0) is 21.5. The lowest BCUT2D eigenvalue weighted by Gasteiger charge is -2.20. The molecule has 1 aliphatic heterocycles. The summed E-state index contributed by atoms with van der Waals surface area (Å²) in [5.41, 5.74) is 4.01. The fraction of sp³-hybridized carbons (Fsp3) is 0.286. The molecule has 1 aliphatic rings. The van der Waals surface area contributed by atoms with Crippen LogP contribution >= 0.6 is 34.4 Å². The Morgan fingerprint density at radius 3 is 2.71 bits per heavy atom. The highest BCUT2D eigenvalue weighted by Crippen LogP contribution is 2.36. The molecule has 5 heterocycles. The smallest absolute Gasteiger partial charge is 0.253 e. The van der Waals surface area contributed by atoms with Crippen LogP contribution < -0.4 is 0 Å². The first-order chi connectivity index (χ1) is 15.0. The van der Waals surface area contributed by atoms with E-state index in [9.17, 15) is 4.79 Å². The molecule has 0 bridgehead atoms. The van der Waals surface area contributed by atoms with Gasteiger partial charge in [0, 0.05) is 22.7 Å². The number of fused-ring (bicyclic) bond motifs is 1. The van der Waals surface area contributed by atoms with Crippen LogP contribution in [-0.4, -0.2) is 42.0 Å². The summed E-state index contributed by atoms with van der Waals surface area (Å²) < 4.78 is 1.74. The van der Waals surface area contributed by atoms with Gasteiger partial charge in [-0.25, -0.2) is 14.5 Å². The SMILES string of the molecule is Cc1nc2nc(SCC(=O)N3N=C(c4cccs4)C[C@H]3c3cccs3)nn2c(C)c1C. The number of nitrogens with zero attached hydrogens (tertiary/aromatic N) is 6. The van der Waals surface area contributed by atoms with Crippen molar-refractivity contribution in [1.29, 1.82) is 0 Å². The Bertz CT molecular complexity index is 1280. The van der Waals surface area contributed by atoms with E-state index in [4.69, 9.17) is 5.10 Å². The van der Waals surface area contributed by atoms with E-state index in [2.05, 4.69) is 27.2 Å². The van der Waals surface area contributed by atoms with E-state index in [0.29, 0.717) is 10.9 Å². The fourth-order valence-electron chi connectivity index (χ4n) is 3.53. The number of aromatic nitrogens is 4. The lowest BCUT2D eigenvalue weighted by atomic mass is 10.1. The van der Waals surface area contributed by atoms with Crippen molar-refractivity contribution >= 4 is 51.8 Å². The number of hydrogen-bond acceptors (Lipinski definition) is 8. The molecule has 5 rings (SSSR count). The molecular formula is C21H20N6OS3. The number of hydrazone groups is 1. The molecule has 10 heteroatoms. The Kier molecular flexibility index (Phi) is 5.37. The summed E-state index contributed by atoms with van der Waals surface area (Å²) in [5, 5.41) is 15.5. The average molecular weight is 469 g/mol. The summed E-state index contributed by atoms with van der Waals surface area (Å²) in [7, 11) is 0. The number of hydrogen-bond donors (Lipinski definition) is 0. The van der Waals surface area contributed by atoms with Gasteiger partial charge in [-0.2, -0.15) is 10.1 Å². The van der Waals surface area contributed by atoms with Gasteiger partial charge in [0.2, 0.25) is 5.16 Å². The van der Waals surface area contributed by atoms with Gasteiger partial charge in [-0.1, -0.05) is 23.9 Å². The van der Waals surface area contributed by atoms with Crippen LogP contribution in [0.3, 0.4) is 0 Å². The maximum atomic E-state index is 13.2. The largest absolute Gasteiger partial charge is 0.272 e. The second kappa shape index (κ2) is 8.18. The molecule has 0 N–H and O–H groups in total. The third kappa shape index (κ3) is 3.79. The van der Waals surface area contributed by atoms with Crippen LogP contribution in [0.5, 0.6) is 0 Å². The van der Waals surface area contributed by atoms with E-state index in [-0.39, 0.29) is 17.7 Å². The molecule has 0 radical (unpaired) electrons. The van der Waals surface area contributed by atoms with Crippen LogP contribution in [0, 0.1) is 20.8 Å². The lowest BCUT2D eigenvalue weighted by molar-refractivity contribution is -0.130. The molecule has 4 aromatic heterocycles. The minimum atomic E-state index is -0.0616. The molecule has 1 amide bonds. The van der Waals surface area contributed by atoms with Crippen LogP contribution in [0.2, 0.25) is 0 Å². The van der Waals surface area contributed by atoms with Gasteiger partial charge in [0.05, 0.1) is 22.4 Å². The molecule has 1 atom stereocenters. The summed E-state index contributed by atoms with van der Waals surface area (Å²) >= 11 is 4.63. The molecule has 0 saturated carbocycles. The highest BCUT2D eigenvalue weighted by atomic mass is 32.2. The van der Waals surface area contributed by atoms with Gasteiger partial charge >= 0.3 is 0 Å². The second-order valence-electron chi connectivity index (χ2n) is 7.30. The molecule has 0 spiro atoms. The number of aryl methyl sites for hydroxylation is 2. The molecule has 0 unspecified atom stereocenters. The van der Waals surface area contributed by atoms with Gasteiger partial charge in [-0.15, -0.1) is 27.8 Å². The minimum absolute atomic E-state index is 0.0501. The van der Waals surface area contributed by atoms with Crippen molar-refractivity contribution in [2.45, 2.75) is 38.4 Å². The maximum absolute atomic E-state index is 13.2. The number of rotatable bonds is 5. The Hall–Kier alpha value is -2.56. The van der Waals surface area contributed by atoms with Crippen LogP contribution in [-0.2, 0) is 4.79 Å². The quantitative estimate of drug-likeness (QED) is 0.399. The molecule has 0 aliphatic carbocycles. The van der Waals surface area contributed by atoms with Crippen molar-refractivity contribution in [1.82, 2.24) is 24.6 Å². The highest BCUT2D eigenvalue weighted by molar-refractivity contribution is 7.99. The summed E-state index contributed by atoms with van der Waals surface area (Å²) in [6.45, 7) is 5.99. The Balaban J connectivity index is 1.37. The number of thiophene rings is 2. The molecule has 4 aromatic rings. The normalized spacial score (nSPS) is 16.3. The van der Waals surface area contributed by atoms with Crippen molar-refractivity contribution in [3.05, 3.63) is 61.7 Å². The second-order valence-corrected chi connectivity index (χ2v) is 10.2. The predicted molar refractivity (Wildman–Crippen MR) is 125 cm³/mol. The molecule has 31 heavy (non-hydrogen) atoms. The lowest BCUT2D eigenvalue weighted by Crippen LogP contribution is -2.28. The van der Waals surface area contributed by atoms with Crippen molar-refractivity contribution in [3.8, 4) is 0 Å². The first-order valence-electron chi connectivity index (χ1n) is 9.81. The topological polar surface area (TPSA) is 75.8 Å². The average Bonchev–Trinajstić information content (AvgIpc) is 3.54. The number of amides is 1. The highest BCUT2D eigenvalue weighted by Gasteiger charge is 2.34. The standard InChI is InChI=1S/C21H20N6OS3/c1-12-13(2)22-20-23-21(25-26(20)14(12)3)31-11-19(28)27-16(18-7-5-9-30-18)10-15(24-27)17-6-4-8-29-17/h4-9,16H,10-11H2,1-3H3/t16-/m0/s1. The van der Waals surface area contributed by atoms with Crippen molar-refractivity contribution in [3.63, 3.8) is 0 Å². The summed E-state index contributed by atoms with van der Waals surface area (Å²) in [5.74, 6) is 0.730. The maximum Gasteiger partial charge on any atom is 0.253 e. The van der Waals surface area contributed by atoms with Crippen LogP contribution in [0.15, 0.2) is 45.3 Å². The zero-order valence-electron chi connectivity index (χ0n) is 17.3. The van der Waals surface area contributed by atoms with Gasteiger partial charge in [0.1, 0.15) is 0 Å². The van der Waals surface area contributed by atoms with E-state index >= 15 is 0 Å². The van der Waals surface area contributed by atoms with Gasteiger partial charge in [0.15, 0.2) is 0 Å². The van der Waals surface area contributed by atoms with Gasteiger partial charge in [-0.3, -0.25) is 4.79 Å². The monoisotopic (exact) mass is 468 g/mol. The van der Waals surface area contributed by atoms with Crippen molar-refractivity contribution in [2.75, 3.05) is 5.75 Å². The van der Waals surface area contributed by atoms with Crippen LogP contribution in [0.1, 0.15) is 39.2 Å². The summed E-state index contributed by atoms with van der Waals surface area (Å²) in [4.78, 5) is 24.4. The van der Waals surface area contributed by atoms with Crippen molar-refractivity contribution in [2.24, 2.45) is 5.10 Å². The predicted octanol–water partition coefficient (Wildman–Crippen LogP) is 4.64. The molecule has 0 saturated heterocycles. The van der Waals surface area contributed by atoms with E-state index < -0.39 is 0 Å². The summed E-state index contributed by atoms with van der Waals surface area (Å²) in [6, 6.07) is 8.09. The first-order valence-corrected chi connectivity index (χ1v) is 12.6. The van der Waals surface area contributed by atoms with E-state index in [0.717, 1.165) is 38.8 Å². The number of carbonyl (C=O) groups excluding carboxylic acids is 1. The summed E-state index contributed by atoms with van der Waals surface area (Å²) in [6.07, 6.45) is 0.728. The molecular weight excluding hydrogens is 448 g/mol. The number of carbonyl (C=O) groups is 1. The molecule has 7 nitrogen and oxygen atoms in total. The van der Waals surface area contributed by atoms with Crippen LogP contribution in [0.4, 0.5) is 0 Å². The Morgan fingerprint density at radius 1 is 1.16 bits per heavy atom. The van der Waals surface area contributed by atoms with E-state index in [1.54, 1.807) is 32.2 Å². The zero-order valence-corrected chi connectivity index (χ0v) is 19.7. The number of thioether (sulfide) groups is 1. The van der Waals surface area contributed by atoms with Gasteiger partial charge in [-0.05, 0) is 49.2 Å². The molecule has 0 aromatic carbocycles. The molecule has 0 fully saturated rings. The van der Waals surface area contributed by atoms with Gasteiger partial charge in [0.25, 0.3) is 11.7 Å². The van der Waals surface area contributed by atoms with Crippen LogP contribution in [0.25, 0.3) is 5.78 Å². The van der Waals surface area contributed by atoms with E-state index in [1.807, 2.05) is 43.7 Å². The minimum Gasteiger partial charge on any atom is -0.272 e. The van der Waals surface area contributed by atoms with E-state index in [1.165, 1.54) is 11.8 Å². The third-order valence-corrected chi connectivity index (χ3v) is 8.12. The van der Waals surface area contributed by atoms with Gasteiger partial charge < -0.3 is 0 Å². The van der Waals surface area contributed by atoms with Crippen molar-refractivity contribution < 1.29 is 4.79 Å².